The number of pyridine rings is 1. The first-order chi connectivity index (χ1) is 17.2. The fourth-order valence-electron chi connectivity index (χ4n) is 5.43. The predicted octanol–water partition coefficient (Wildman–Crippen LogP) is 3.59. The van der Waals surface area contributed by atoms with Gasteiger partial charge in [0.15, 0.2) is 0 Å². The van der Waals surface area contributed by atoms with Gasteiger partial charge in [0.05, 0.1) is 39.4 Å². The topological polar surface area (TPSA) is 136 Å². The summed E-state index contributed by atoms with van der Waals surface area (Å²) >= 11 is 1.59. The van der Waals surface area contributed by atoms with Gasteiger partial charge >= 0.3 is 0 Å². The molecule has 3 heterocycles. The Balaban J connectivity index is 1.40. The summed E-state index contributed by atoms with van der Waals surface area (Å²) < 4.78 is 1.09. The number of aromatic nitrogens is 4. The number of nitrogens with zero attached hydrogens (tertiary/aromatic N) is 4. The van der Waals surface area contributed by atoms with Gasteiger partial charge in [-0.1, -0.05) is 0 Å². The van der Waals surface area contributed by atoms with Crippen LogP contribution in [0.4, 0.5) is 11.8 Å². The maximum absolute atomic E-state index is 10.9. The van der Waals surface area contributed by atoms with Crippen molar-refractivity contribution in [1.29, 1.82) is 0 Å². The van der Waals surface area contributed by atoms with E-state index in [4.69, 9.17) is 15.0 Å². The van der Waals surface area contributed by atoms with E-state index in [0.717, 1.165) is 57.9 Å². The number of thiazole rings is 1. The molecule has 3 aromatic heterocycles. The van der Waals surface area contributed by atoms with Crippen LogP contribution in [0.15, 0.2) is 12.3 Å². The molecule has 6 rings (SSSR count). The quantitative estimate of drug-likeness (QED) is 0.323. The summed E-state index contributed by atoms with van der Waals surface area (Å²) in [6.45, 7) is 5.30. The summed E-state index contributed by atoms with van der Waals surface area (Å²) in [5, 5.41) is 39.7. The second kappa shape index (κ2) is 8.86. The molecule has 10 heteroatoms. The average Bonchev–Trinajstić information content (AvgIpc) is 3.48. The number of aliphatic hydroxyl groups is 3. The van der Waals surface area contributed by atoms with Crippen molar-refractivity contribution >= 4 is 33.3 Å². The van der Waals surface area contributed by atoms with Crippen LogP contribution in [-0.2, 0) is 0 Å². The molecular formula is C26H34N6O3S. The number of rotatable bonds is 7. The highest BCUT2D eigenvalue weighted by atomic mass is 32.1. The lowest BCUT2D eigenvalue weighted by Gasteiger charge is -2.28. The highest BCUT2D eigenvalue weighted by molar-refractivity contribution is 7.21. The fourth-order valence-corrected chi connectivity index (χ4v) is 6.49. The van der Waals surface area contributed by atoms with Gasteiger partial charge in [-0.15, -0.1) is 11.3 Å². The van der Waals surface area contributed by atoms with Crippen LogP contribution in [0.3, 0.4) is 0 Å². The maximum atomic E-state index is 10.9. The highest BCUT2D eigenvalue weighted by Gasteiger charge is 2.48. The molecule has 9 nitrogen and oxygen atoms in total. The molecule has 0 radical (unpaired) electrons. The number of aliphatic hydroxyl groups excluding tert-OH is 2. The molecule has 0 spiro atoms. The Kier molecular flexibility index (Phi) is 5.90. The number of aryl methyl sites for hydroxylation is 1. The lowest BCUT2D eigenvalue weighted by molar-refractivity contribution is -0.0601. The van der Waals surface area contributed by atoms with Crippen molar-refractivity contribution in [3.63, 3.8) is 0 Å². The van der Waals surface area contributed by atoms with Crippen molar-refractivity contribution in [1.82, 2.24) is 19.9 Å². The average molecular weight is 511 g/mol. The first-order valence-electron chi connectivity index (χ1n) is 12.9. The molecule has 0 aromatic carbocycles. The predicted molar refractivity (Wildman–Crippen MR) is 140 cm³/mol. The summed E-state index contributed by atoms with van der Waals surface area (Å²) in [5.74, 6) is 1.16. The third kappa shape index (κ3) is 4.34. The van der Waals surface area contributed by atoms with E-state index in [2.05, 4.69) is 15.6 Å². The third-order valence-corrected chi connectivity index (χ3v) is 8.99. The zero-order valence-electron chi connectivity index (χ0n) is 20.9. The van der Waals surface area contributed by atoms with E-state index in [0.29, 0.717) is 30.1 Å². The van der Waals surface area contributed by atoms with E-state index < -0.39 is 29.8 Å². The largest absolute Gasteiger partial charge is 0.390 e. The van der Waals surface area contributed by atoms with Gasteiger partial charge in [0.25, 0.3) is 0 Å². The maximum Gasteiger partial charge on any atom is 0.225 e. The number of anilines is 2. The summed E-state index contributed by atoms with van der Waals surface area (Å²) in [4.78, 5) is 19.2. The van der Waals surface area contributed by atoms with Crippen LogP contribution in [0.1, 0.15) is 69.7 Å². The number of hydrogen-bond acceptors (Lipinski definition) is 10. The van der Waals surface area contributed by atoms with Crippen molar-refractivity contribution < 1.29 is 15.3 Å². The van der Waals surface area contributed by atoms with Crippen LogP contribution in [0.5, 0.6) is 0 Å². The Morgan fingerprint density at radius 2 is 1.81 bits per heavy atom. The van der Waals surface area contributed by atoms with Crippen LogP contribution >= 0.6 is 11.3 Å². The number of nitrogens with one attached hydrogen (secondary N) is 2. The third-order valence-electron chi connectivity index (χ3n) is 7.95. The second-order valence-electron chi connectivity index (χ2n) is 11.2. The Labute approximate surface area is 214 Å². The van der Waals surface area contributed by atoms with Crippen molar-refractivity contribution in [2.24, 2.45) is 5.92 Å². The van der Waals surface area contributed by atoms with E-state index in [1.165, 1.54) is 6.42 Å². The molecule has 36 heavy (non-hydrogen) atoms. The molecule has 0 bridgehead atoms. The van der Waals surface area contributed by atoms with Gasteiger partial charge in [0.2, 0.25) is 5.95 Å². The zero-order chi connectivity index (χ0) is 25.2. The summed E-state index contributed by atoms with van der Waals surface area (Å²) in [6, 6.07) is 1.90. The van der Waals surface area contributed by atoms with Gasteiger partial charge in [-0.05, 0) is 65.4 Å². The van der Waals surface area contributed by atoms with Crippen molar-refractivity contribution in [2.75, 3.05) is 10.6 Å². The molecule has 0 saturated heterocycles. The fraction of sp³-hybridized carbons (Fsp3) is 0.615. The molecule has 3 aromatic rings. The Hall–Kier alpha value is -2.40. The number of hydrogen-bond donors (Lipinski definition) is 5. The monoisotopic (exact) mass is 510 g/mol. The molecule has 4 atom stereocenters. The zero-order valence-corrected chi connectivity index (χ0v) is 21.7. The van der Waals surface area contributed by atoms with Gasteiger partial charge < -0.3 is 26.0 Å². The van der Waals surface area contributed by atoms with E-state index in [1.807, 2.05) is 19.2 Å². The smallest absolute Gasteiger partial charge is 0.225 e. The van der Waals surface area contributed by atoms with E-state index in [-0.39, 0.29) is 0 Å². The minimum absolute atomic E-state index is 0.371. The SMILES string of the molecule is Cc1nc(NC2CCC2)nc(NC2CC(C(C)(C)O)C(O)C2O)c1-c1nc2c(C3CC3)nccc2s1. The van der Waals surface area contributed by atoms with Crippen LogP contribution in [-0.4, -0.2) is 65.1 Å². The van der Waals surface area contributed by atoms with Gasteiger partial charge in [-0.3, -0.25) is 4.98 Å². The minimum atomic E-state index is -1.11. The van der Waals surface area contributed by atoms with E-state index in [9.17, 15) is 15.3 Å². The molecule has 3 saturated carbocycles. The Morgan fingerprint density at radius 3 is 2.44 bits per heavy atom. The lowest BCUT2D eigenvalue weighted by atomic mass is 9.88. The Morgan fingerprint density at radius 1 is 1.03 bits per heavy atom. The minimum Gasteiger partial charge on any atom is -0.390 e. The van der Waals surface area contributed by atoms with Crippen molar-refractivity contribution in [3.8, 4) is 10.6 Å². The lowest BCUT2D eigenvalue weighted by Crippen LogP contribution is -2.40. The van der Waals surface area contributed by atoms with E-state index in [1.54, 1.807) is 25.2 Å². The van der Waals surface area contributed by atoms with Gasteiger partial charge in [0.1, 0.15) is 22.4 Å². The molecule has 4 unspecified atom stereocenters. The first kappa shape index (κ1) is 24.0. The van der Waals surface area contributed by atoms with Crippen LogP contribution in [0.2, 0.25) is 0 Å². The molecule has 5 N–H and O–H groups in total. The van der Waals surface area contributed by atoms with Crippen molar-refractivity contribution in [3.05, 3.63) is 23.7 Å². The van der Waals surface area contributed by atoms with Crippen LogP contribution in [0, 0.1) is 12.8 Å². The normalized spacial score (nSPS) is 26.8. The van der Waals surface area contributed by atoms with Gasteiger partial charge in [0, 0.05) is 24.1 Å². The molecule has 3 aliphatic carbocycles. The Bertz CT molecular complexity index is 1280. The molecule has 192 valence electrons. The standard InChI is InChI=1S/C26H34N6O3S/c1-12-18(24-31-20-17(36-24)9-10-27-19(20)13-7-8-13)23(32-25(28-12)29-14-5-4-6-14)30-16-11-15(26(2,3)35)21(33)22(16)34/h9-10,13-16,21-22,33-35H,4-8,11H2,1-3H3,(H2,28,29,30,32). The van der Waals surface area contributed by atoms with Gasteiger partial charge in [-0.2, -0.15) is 4.98 Å². The molecule has 0 aliphatic heterocycles. The van der Waals surface area contributed by atoms with Crippen LogP contribution in [0.25, 0.3) is 20.8 Å². The van der Waals surface area contributed by atoms with Crippen molar-refractivity contribution in [2.45, 2.75) is 95.1 Å². The molecule has 3 fully saturated rings. The second-order valence-corrected chi connectivity index (χ2v) is 12.2. The molecule has 3 aliphatic rings. The first-order valence-corrected chi connectivity index (χ1v) is 13.8. The molecule has 0 amide bonds. The summed E-state index contributed by atoms with van der Waals surface area (Å²) in [5.41, 5.74) is 2.48. The van der Waals surface area contributed by atoms with Gasteiger partial charge in [-0.25, -0.2) is 9.97 Å². The highest BCUT2D eigenvalue weighted by Crippen LogP contribution is 2.45. The molecular weight excluding hydrogens is 476 g/mol. The summed E-state index contributed by atoms with van der Waals surface area (Å²) in [6.07, 6.45) is 5.91. The summed E-state index contributed by atoms with van der Waals surface area (Å²) in [7, 11) is 0. The number of fused-ring (bicyclic) bond motifs is 1. The van der Waals surface area contributed by atoms with E-state index >= 15 is 0 Å². The van der Waals surface area contributed by atoms with Crippen LogP contribution < -0.4 is 10.6 Å².